The second-order valence-corrected chi connectivity index (χ2v) is 8.60. The van der Waals surface area contributed by atoms with Crippen LogP contribution in [0.4, 0.5) is 8.78 Å². The SMILES string of the molecule is CCC.Clc1ccccc1.Fc1ccccc1Cl.O=C(O)CN1CCOC(Cc2ccc(F)cc2)C1=O. The van der Waals surface area contributed by atoms with Crippen LogP contribution >= 0.6 is 23.2 Å². The van der Waals surface area contributed by atoms with E-state index in [-0.39, 0.29) is 35.7 Å². The summed E-state index contributed by atoms with van der Waals surface area (Å²) in [7, 11) is 0. The van der Waals surface area contributed by atoms with Crippen LogP contribution in [0.2, 0.25) is 10.0 Å². The van der Waals surface area contributed by atoms with E-state index >= 15 is 0 Å². The van der Waals surface area contributed by atoms with Gasteiger partial charge in [0.15, 0.2) is 0 Å². The number of aliphatic carboxylic acids is 1. The molecule has 1 aliphatic heterocycles. The topological polar surface area (TPSA) is 66.8 Å². The van der Waals surface area contributed by atoms with Crippen molar-refractivity contribution in [2.45, 2.75) is 32.8 Å². The maximum Gasteiger partial charge on any atom is 0.323 e. The second kappa shape index (κ2) is 18.3. The molecule has 9 heteroatoms. The third kappa shape index (κ3) is 13.8. The van der Waals surface area contributed by atoms with Crippen molar-refractivity contribution in [1.82, 2.24) is 4.90 Å². The summed E-state index contributed by atoms with van der Waals surface area (Å²) in [6.45, 7) is 4.53. The van der Waals surface area contributed by atoms with Crippen LogP contribution in [0.1, 0.15) is 25.8 Å². The van der Waals surface area contributed by atoms with Crippen molar-refractivity contribution in [3.05, 3.63) is 106 Å². The first-order valence-electron chi connectivity index (χ1n) is 11.6. The van der Waals surface area contributed by atoms with Crippen LogP contribution in [0, 0.1) is 11.6 Å². The van der Waals surface area contributed by atoms with Gasteiger partial charge in [0.05, 0.1) is 11.6 Å². The zero-order chi connectivity index (χ0) is 27.6. The van der Waals surface area contributed by atoms with Gasteiger partial charge in [0.25, 0.3) is 5.91 Å². The van der Waals surface area contributed by atoms with Crippen molar-refractivity contribution in [2.75, 3.05) is 19.7 Å². The molecule has 0 spiro atoms. The van der Waals surface area contributed by atoms with Gasteiger partial charge in [0, 0.05) is 18.0 Å². The minimum absolute atomic E-state index is 0.174. The van der Waals surface area contributed by atoms with Crippen LogP contribution < -0.4 is 0 Å². The van der Waals surface area contributed by atoms with Crippen LogP contribution in [0.25, 0.3) is 0 Å². The van der Waals surface area contributed by atoms with Gasteiger partial charge < -0.3 is 14.7 Å². The monoisotopic (exact) mass is 553 g/mol. The molecule has 0 aromatic heterocycles. The van der Waals surface area contributed by atoms with Crippen LogP contribution in [0.5, 0.6) is 0 Å². The summed E-state index contributed by atoms with van der Waals surface area (Å²) in [5.41, 5.74) is 0.775. The summed E-state index contributed by atoms with van der Waals surface area (Å²) < 4.78 is 30.3. The number of rotatable bonds is 4. The molecule has 0 saturated carbocycles. The minimum Gasteiger partial charge on any atom is -0.480 e. The molecule has 200 valence electrons. The Labute approximate surface area is 226 Å². The Hall–Kier alpha value is -3.00. The van der Waals surface area contributed by atoms with Crippen molar-refractivity contribution >= 4 is 35.1 Å². The molecule has 1 amide bonds. The lowest BCUT2D eigenvalue weighted by Crippen LogP contribution is -2.50. The Morgan fingerprint density at radius 2 is 1.54 bits per heavy atom. The number of carboxylic acid groups (broad SMARTS) is 1. The van der Waals surface area contributed by atoms with Gasteiger partial charge in [-0.1, -0.05) is 85.9 Å². The van der Waals surface area contributed by atoms with Gasteiger partial charge in [-0.25, -0.2) is 8.78 Å². The number of benzene rings is 3. The number of nitrogens with zero attached hydrogens (tertiary/aromatic N) is 1. The van der Waals surface area contributed by atoms with Gasteiger partial charge in [-0.15, -0.1) is 0 Å². The average molecular weight is 554 g/mol. The lowest BCUT2D eigenvalue weighted by molar-refractivity contribution is -0.158. The third-order valence-electron chi connectivity index (χ3n) is 4.49. The van der Waals surface area contributed by atoms with E-state index in [4.69, 9.17) is 33.0 Å². The van der Waals surface area contributed by atoms with Crippen molar-refractivity contribution in [3.63, 3.8) is 0 Å². The van der Waals surface area contributed by atoms with Crippen LogP contribution in [-0.2, 0) is 20.7 Å². The largest absolute Gasteiger partial charge is 0.480 e. The number of carbonyl (C=O) groups excluding carboxylic acids is 1. The Balaban J connectivity index is 0.000000311. The number of carboxylic acids is 1. The number of halogens is 4. The molecule has 1 heterocycles. The zero-order valence-electron chi connectivity index (χ0n) is 20.7. The molecule has 37 heavy (non-hydrogen) atoms. The highest BCUT2D eigenvalue weighted by Crippen LogP contribution is 2.14. The van der Waals surface area contributed by atoms with E-state index in [9.17, 15) is 18.4 Å². The predicted molar refractivity (Wildman–Crippen MR) is 143 cm³/mol. The smallest absolute Gasteiger partial charge is 0.323 e. The lowest BCUT2D eigenvalue weighted by atomic mass is 10.1. The molecule has 1 N–H and O–H groups in total. The molecule has 3 aromatic rings. The first-order chi connectivity index (χ1) is 17.7. The summed E-state index contributed by atoms with van der Waals surface area (Å²) in [5.74, 6) is -2.09. The molecule has 3 aromatic carbocycles. The van der Waals surface area contributed by atoms with E-state index in [0.717, 1.165) is 10.6 Å². The second-order valence-electron chi connectivity index (χ2n) is 7.76. The molecule has 4 rings (SSSR count). The highest BCUT2D eigenvalue weighted by Gasteiger charge is 2.30. The number of hydrogen-bond acceptors (Lipinski definition) is 3. The first-order valence-corrected chi connectivity index (χ1v) is 12.4. The zero-order valence-corrected chi connectivity index (χ0v) is 22.3. The van der Waals surface area contributed by atoms with E-state index in [1.165, 1.54) is 35.6 Å². The lowest BCUT2D eigenvalue weighted by Gasteiger charge is -2.31. The summed E-state index contributed by atoms with van der Waals surface area (Å²) in [6.07, 6.45) is 0.869. The van der Waals surface area contributed by atoms with Gasteiger partial charge in [0.1, 0.15) is 24.3 Å². The summed E-state index contributed by atoms with van der Waals surface area (Å²) >= 11 is 10.9. The Kier molecular flexibility index (Phi) is 15.8. The van der Waals surface area contributed by atoms with E-state index in [0.29, 0.717) is 13.0 Å². The molecular weight excluding hydrogens is 523 g/mol. The molecule has 1 atom stereocenters. The maximum atomic E-state index is 12.8. The Morgan fingerprint density at radius 1 is 0.973 bits per heavy atom. The molecule has 0 radical (unpaired) electrons. The average Bonchev–Trinajstić information content (AvgIpc) is 2.86. The fraction of sp³-hybridized carbons (Fsp3) is 0.286. The van der Waals surface area contributed by atoms with Crippen molar-refractivity contribution < 1.29 is 28.2 Å². The maximum absolute atomic E-state index is 12.8. The van der Waals surface area contributed by atoms with Gasteiger partial charge in [0.2, 0.25) is 0 Å². The highest BCUT2D eigenvalue weighted by atomic mass is 35.5. The standard InChI is InChI=1S/C13H14FNO4.C6H4ClF.C6H5Cl.C3H8/c14-10-3-1-9(2-4-10)7-11-13(18)15(5-6-19-11)8-12(16)17;7-5-3-1-2-4-6(5)8;7-6-4-2-1-3-5-6;1-3-2/h1-4,11H,5-8H2,(H,16,17);1-4H;1-5H;3H2,1-2H3. The van der Waals surface area contributed by atoms with Crippen molar-refractivity contribution in [2.24, 2.45) is 0 Å². The van der Waals surface area contributed by atoms with E-state index in [1.54, 1.807) is 24.3 Å². The highest BCUT2D eigenvalue weighted by molar-refractivity contribution is 6.30. The first kappa shape index (κ1) is 32.0. The molecule has 1 fully saturated rings. The molecule has 1 aliphatic rings. The van der Waals surface area contributed by atoms with Crippen LogP contribution in [0.3, 0.4) is 0 Å². The van der Waals surface area contributed by atoms with Gasteiger partial charge in [-0.2, -0.15) is 0 Å². The number of ether oxygens (including phenoxy) is 1. The minimum atomic E-state index is -1.05. The quantitative estimate of drug-likeness (QED) is 0.381. The Morgan fingerprint density at radius 3 is 2.00 bits per heavy atom. The molecule has 1 unspecified atom stereocenters. The van der Waals surface area contributed by atoms with Gasteiger partial charge >= 0.3 is 5.97 Å². The molecular formula is C28H31Cl2F2NO4. The Bertz CT molecular complexity index is 1050. The predicted octanol–water partition coefficient (Wildman–Crippen LogP) is 6.92. The van der Waals surface area contributed by atoms with Crippen LogP contribution in [-0.4, -0.2) is 47.7 Å². The normalized spacial score (nSPS) is 14.2. The fourth-order valence-electron chi connectivity index (χ4n) is 2.85. The van der Waals surface area contributed by atoms with Crippen molar-refractivity contribution in [3.8, 4) is 0 Å². The number of morpholine rings is 1. The summed E-state index contributed by atoms with van der Waals surface area (Å²) in [5, 5.41) is 9.68. The van der Waals surface area contributed by atoms with E-state index in [2.05, 4.69) is 13.8 Å². The number of amides is 1. The fourth-order valence-corrected chi connectivity index (χ4v) is 3.13. The summed E-state index contributed by atoms with van der Waals surface area (Å²) in [4.78, 5) is 23.9. The van der Waals surface area contributed by atoms with Crippen LogP contribution in [0.15, 0.2) is 78.9 Å². The third-order valence-corrected chi connectivity index (χ3v) is 5.04. The number of carbonyl (C=O) groups is 2. The van der Waals surface area contributed by atoms with Gasteiger partial charge in [-0.3, -0.25) is 9.59 Å². The number of hydrogen-bond donors (Lipinski definition) is 1. The van der Waals surface area contributed by atoms with E-state index in [1.807, 2.05) is 30.3 Å². The summed E-state index contributed by atoms with van der Waals surface area (Å²) in [6, 6.07) is 21.4. The molecule has 1 saturated heterocycles. The van der Waals surface area contributed by atoms with E-state index < -0.39 is 12.1 Å². The molecule has 0 bridgehead atoms. The molecule has 5 nitrogen and oxygen atoms in total. The van der Waals surface area contributed by atoms with Gasteiger partial charge in [-0.05, 0) is 42.0 Å². The molecule has 0 aliphatic carbocycles. The van der Waals surface area contributed by atoms with Crippen molar-refractivity contribution in [1.29, 1.82) is 0 Å².